The van der Waals surface area contributed by atoms with Crippen molar-refractivity contribution in [2.24, 2.45) is 0 Å². The van der Waals surface area contributed by atoms with Gasteiger partial charge in [0, 0.05) is 19.1 Å². The molecule has 1 aliphatic rings. The summed E-state index contributed by atoms with van der Waals surface area (Å²) in [5, 5.41) is 12.7. The molecule has 19 heavy (non-hydrogen) atoms. The number of nitrogens with one attached hydrogen (secondary N) is 1. The lowest BCUT2D eigenvalue weighted by Gasteiger charge is -2.32. The monoisotopic (exact) mass is 257 g/mol. The number of rotatable bonds is 4. The molecule has 2 rings (SSSR count). The van der Waals surface area contributed by atoms with Crippen LogP contribution in [0.4, 0.5) is 5.69 Å². The Morgan fingerprint density at radius 3 is 2.74 bits per heavy atom. The van der Waals surface area contributed by atoms with Crippen LogP contribution in [0.3, 0.4) is 0 Å². The third kappa shape index (κ3) is 3.71. The number of piperidine rings is 1. The molecule has 0 atom stereocenters. The first kappa shape index (κ1) is 13.9. The Bertz CT molecular complexity index is 454. The van der Waals surface area contributed by atoms with Crippen LogP contribution in [0.25, 0.3) is 0 Å². The van der Waals surface area contributed by atoms with E-state index >= 15 is 0 Å². The van der Waals surface area contributed by atoms with Crippen molar-refractivity contribution in [2.75, 3.05) is 25.0 Å². The summed E-state index contributed by atoms with van der Waals surface area (Å²) in [4.78, 5) is 2.53. The second-order valence-corrected chi connectivity index (χ2v) is 5.42. The Kier molecular flexibility index (Phi) is 4.81. The van der Waals surface area contributed by atoms with Crippen LogP contribution in [0.15, 0.2) is 18.2 Å². The number of likely N-dealkylation sites (tertiary alicyclic amines) is 1. The predicted molar refractivity (Wildman–Crippen MR) is 79.3 cm³/mol. The SMILES string of the molecule is CCCN1CCC(Nc2ccc(C)cc2C#N)CC1. The number of hydrogen-bond donors (Lipinski definition) is 1. The number of nitriles is 1. The van der Waals surface area contributed by atoms with E-state index < -0.39 is 0 Å². The fourth-order valence-electron chi connectivity index (χ4n) is 2.71. The maximum absolute atomic E-state index is 9.19. The van der Waals surface area contributed by atoms with Crippen molar-refractivity contribution < 1.29 is 0 Å². The fourth-order valence-corrected chi connectivity index (χ4v) is 2.71. The van der Waals surface area contributed by atoms with E-state index in [2.05, 4.69) is 29.3 Å². The number of nitrogens with zero attached hydrogens (tertiary/aromatic N) is 2. The Morgan fingerprint density at radius 1 is 1.37 bits per heavy atom. The predicted octanol–water partition coefficient (Wildman–Crippen LogP) is 3.15. The zero-order valence-corrected chi connectivity index (χ0v) is 11.9. The average Bonchev–Trinajstić information content (AvgIpc) is 2.43. The first-order chi connectivity index (χ1) is 9.22. The fraction of sp³-hybridized carbons (Fsp3) is 0.562. The molecular formula is C16H23N3. The first-order valence-electron chi connectivity index (χ1n) is 7.22. The molecule has 1 fully saturated rings. The standard InChI is InChI=1S/C16H23N3/c1-3-8-19-9-6-15(7-10-19)18-16-5-4-13(2)11-14(16)12-17/h4-5,11,15,18H,3,6-10H2,1-2H3. The van der Waals surface area contributed by atoms with Crippen LogP contribution < -0.4 is 5.32 Å². The quantitative estimate of drug-likeness (QED) is 0.900. The van der Waals surface area contributed by atoms with Crippen molar-refractivity contribution in [3.8, 4) is 6.07 Å². The van der Waals surface area contributed by atoms with E-state index in [1.165, 1.54) is 38.9 Å². The molecule has 1 saturated heterocycles. The van der Waals surface area contributed by atoms with E-state index in [0.29, 0.717) is 6.04 Å². The zero-order chi connectivity index (χ0) is 13.7. The smallest absolute Gasteiger partial charge is 0.101 e. The third-order valence-electron chi connectivity index (χ3n) is 3.78. The van der Waals surface area contributed by atoms with E-state index in [-0.39, 0.29) is 0 Å². The van der Waals surface area contributed by atoms with Crippen LogP contribution in [0, 0.1) is 18.3 Å². The molecule has 1 aliphatic heterocycles. The van der Waals surface area contributed by atoms with Gasteiger partial charge >= 0.3 is 0 Å². The van der Waals surface area contributed by atoms with E-state index in [4.69, 9.17) is 0 Å². The number of benzene rings is 1. The van der Waals surface area contributed by atoms with Gasteiger partial charge in [-0.05, 0) is 50.4 Å². The molecule has 0 saturated carbocycles. The molecule has 0 bridgehead atoms. The van der Waals surface area contributed by atoms with Gasteiger partial charge in [0.25, 0.3) is 0 Å². The highest BCUT2D eigenvalue weighted by Gasteiger charge is 2.19. The molecule has 1 aromatic carbocycles. The third-order valence-corrected chi connectivity index (χ3v) is 3.78. The van der Waals surface area contributed by atoms with Crippen LogP contribution in [-0.4, -0.2) is 30.6 Å². The van der Waals surface area contributed by atoms with Gasteiger partial charge in [0.05, 0.1) is 11.3 Å². The average molecular weight is 257 g/mol. The normalized spacial score (nSPS) is 17.1. The molecule has 1 aromatic rings. The minimum Gasteiger partial charge on any atom is -0.381 e. The largest absolute Gasteiger partial charge is 0.381 e. The van der Waals surface area contributed by atoms with E-state index in [1.807, 2.05) is 19.1 Å². The van der Waals surface area contributed by atoms with Gasteiger partial charge in [-0.25, -0.2) is 0 Å². The molecule has 1 heterocycles. The summed E-state index contributed by atoms with van der Waals surface area (Å²) in [6.07, 6.45) is 3.56. The summed E-state index contributed by atoms with van der Waals surface area (Å²) in [5.74, 6) is 0. The molecule has 0 unspecified atom stereocenters. The lowest BCUT2D eigenvalue weighted by atomic mass is 10.0. The molecule has 0 radical (unpaired) electrons. The van der Waals surface area contributed by atoms with E-state index in [1.54, 1.807) is 0 Å². The van der Waals surface area contributed by atoms with Crippen LogP contribution in [0.5, 0.6) is 0 Å². The summed E-state index contributed by atoms with van der Waals surface area (Å²) in [7, 11) is 0. The Balaban J connectivity index is 1.94. The van der Waals surface area contributed by atoms with Gasteiger partial charge in [-0.1, -0.05) is 13.0 Å². The van der Waals surface area contributed by atoms with Gasteiger partial charge < -0.3 is 10.2 Å². The minimum absolute atomic E-state index is 0.503. The molecule has 3 nitrogen and oxygen atoms in total. The van der Waals surface area contributed by atoms with Gasteiger partial charge in [0.1, 0.15) is 6.07 Å². The zero-order valence-electron chi connectivity index (χ0n) is 11.9. The molecular weight excluding hydrogens is 234 g/mol. The van der Waals surface area contributed by atoms with Crippen LogP contribution in [-0.2, 0) is 0 Å². The molecule has 0 aromatic heterocycles. The molecule has 1 N–H and O–H groups in total. The topological polar surface area (TPSA) is 39.1 Å². The highest BCUT2D eigenvalue weighted by molar-refractivity contribution is 5.59. The first-order valence-corrected chi connectivity index (χ1v) is 7.22. The van der Waals surface area contributed by atoms with Gasteiger partial charge in [-0.15, -0.1) is 0 Å². The van der Waals surface area contributed by atoms with Crippen molar-refractivity contribution >= 4 is 5.69 Å². The maximum Gasteiger partial charge on any atom is 0.101 e. The molecule has 3 heteroatoms. The number of anilines is 1. The number of hydrogen-bond acceptors (Lipinski definition) is 3. The van der Waals surface area contributed by atoms with Crippen molar-refractivity contribution in [1.82, 2.24) is 4.90 Å². The number of aryl methyl sites for hydroxylation is 1. The van der Waals surface area contributed by atoms with Crippen LogP contribution >= 0.6 is 0 Å². The second kappa shape index (κ2) is 6.58. The Hall–Kier alpha value is -1.53. The van der Waals surface area contributed by atoms with E-state index in [9.17, 15) is 5.26 Å². The van der Waals surface area contributed by atoms with Crippen molar-refractivity contribution in [2.45, 2.75) is 39.2 Å². The summed E-state index contributed by atoms with van der Waals surface area (Å²) >= 11 is 0. The van der Waals surface area contributed by atoms with Gasteiger partial charge in [-0.2, -0.15) is 5.26 Å². The van der Waals surface area contributed by atoms with E-state index in [0.717, 1.165) is 16.8 Å². The van der Waals surface area contributed by atoms with Crippen molar-refractivity contribution in [3.63, 3.8) is 0 Å². The Labute approximate surface area is 116 Å². The van der Waals surface area contributed by atoms with Gasteiger partial charge in [-0.3, -0.25) is 0 Å². The van der Waals surface area contributed by atoms with Gasteiger partial charge in [0.2, 0.25) is 0 Å². The van der Waals surface area contributed by atoms with Crippen LogP contribution in [0.2, 0.25) is 0 Å². The highest BCUT2D eigenvalue weighted by Crippen LogP contribution is 2.21. The lowest BCUT2D eigenvalue weighted by Crippen LogP contribution is -2.39. The highest BCUT2D eigenvalue weighted by atomic mass is 15.1. The van der Waals surface area contributed by atoms with Crippen molar-refractivity contribution in [3.05, 3.63) is 29.3 Å². The molecule has 102 valence electrons. The Morgan fingerprint density at radius 2 is 2.11 bits per heavy atom. The summed E-state index contributed by atoms with van der Waals surface area (Å²) < 4.78 is 0. The summed E-state index contributed by atoms with van der Waals surface area (Å²) in [6, 6.07) is 8.84. The summed E-state index contributed by atoms with van der Waals surface area (Å²) in [5.41, 5.74) is 2.89. The van der Waals surface area contributed by atoms with Gasteiger partial charge in [0.15, 0.2) is 0 Å². The maximum atomic E-state index is 9.19. The molecule has 0 amide bonds. The molecule has 0 spiro atoms. The molecule has 0 aliphatic carbocycles. The van der Waals surface area contributed by atoms with Crippen molar-refractivity contribution in [1.29, 1.82) is 5.26 Å². The lowest BCUT2D eigenvalue weighted by molar-refractivity contribution is 0.219. The second-order valence-electron chi connectivity index (χ2n) is 5.42. The van der Waals surface area contributed by atoms with Crippen LogP contribution in [0.1, 0.15) is 37.3 Å². The summed E-state index contributed by atoms with van der Waals surface area (Å²) in [6.45, 7) is 7.79. The minimum atomic E-state index is 0.503.